The molecule has 102 valence electrons. The van der Waals surface area contributed by atoms with Crippen LogP contribution in [-0.2, 0) is 17.7 Å². The highest BCUT2D eigenvalue weighted by molar-refractivity contribution is 7.71. The molecule has 18 heavy (non-hydrogen) atoms. The summed E-state index contributed by atoms with van der Waals surface area (Å²) in [6.45, 7) is 8.71. The maximum absolute atomic E-state index is 11.4. The number of H-pyrrole nitrogens is 1. The minimum atomic E-state index is -0.479. The van der Waals surface area contributed by atoms with Crippen LogP contribution in [0.4, 0.5) is 4.79 Å². The highest BCUT2D eigenvalue weighted by Crippen LogP contribution is 2.06. The number of amides is 1. The quantitative estimate of drug-likeness (QED) is 0.823. The first-order valence-corrected chi connectivity index (χ1v) is 6.35. The zero-order valence-corrected chi connectivity index (χ0v) is 12.1. The van der Waals surface area contributed by atoms with Crippen LogP contribution in [0, 0.1) is 4.77 Å². The molecule has 0 bridgehead atoms. The largest absolute Gasteiger partial charge is 0.444 e. The standard InChI is InChI=1S/C11H20N4O2S/c1-5-15-8(13-14-9(15)18)6-7-12-10(16)17-11(2,3)4/h5-7H2,1-4H3,(H,12,16)(H,14,18). The molecule has 0 aliphatic heterocycles. The molecule has 0 atom stereocenters. The summed E-state index contributed by atoms with van der Waals surface area (Å²) in [5.74, 6) is 0.832. The summed E-state index contributed by atoms with van der Waals surface area (Å²) in [6, 6.07) is 0. The van der Waals surface area contributed by atoms with Crippen molar-refractivity contribution in [3.63, 3.8) is 0 Å². The first kappa shape index (κ1) is 14.7. The third-order valence-electron chi connectivity index (χ3n) is 2.17. The molecule has 1 aromatic rings. The summed E-state index contributed by atoms with van der Waals surface area (Å²) in [6.07, 6.45) is 0.194. The van der Waals surface area contributed by atoms with Crippen molar-refractivity contribution in [2.24, 2.45) is 0 Å². The molecule has 1 aromatic heterocycles. The second-order valence-corrected chi connectivity index (χ2v) is 5.25. The van der Waals surface area contributed by atoms with Crippen molar-refractivity contribution in [3.05, 3.63) is 10.6 Å². The summed E-state index contributed by atoms with van der Waals surface area (Å²) >= 11 is 5.08. The fourth-order valence-corrected chi connectivity index (χ4v) is 1.74. The van der Waals surface area contributed by atoms with Gasteiger partial charge in [0, 0.05) is 19.5 Å². The second kappa shape index (κ2) is 5.99. The Morgan fingerprint density at radius 1 is 1.56 bits per heavy atom. The molecule has 0 aromatic carbocycles. The molecule has 0 aliphatic carbocycles. The zero-order valence-electron chi connectivity index (χ0n) is 11.2. The number of carbonyl (C=O) groups excluding carboxylic acids is 1. The van der Waals surface area contributed by atoms with Crippen molar-refractivity contribution >= 4 is 18.3 Å². The zero-order chi connectivity index (χ0) is 13.8. The molecule has 7 heteroatoms. The van der Waals surface area contributed by atoms with E-state index in [1.807, 2.05) is 32.3 Å². The van der Waals surface area contributed by atoms with E-state index in [2.05, 4.69) is 15.5 Å². The Hall–Kier alpha value is -1.37. The number of ether oxygens (including phenoxy) is 1. The van der Waals surface area contributed by atoms with Gasteiger partial charge in [0.25, 0.3) is 0 Å². The van der Waals surface area contributed by atoms with Crippen molar-refractivity contribution in [1.82, 2.24) is 20.1 Å². The molecule has 0 fully saturated rings. The third kappa shape index (κ3) is 4.48. The molecule has 1 amide bonds. The molecule has 1 heterocycles. The van der Waals surface area contributed by atoms with E-state index in [0.717, 1.165) is 12.4 Å². The van der Waals surface area contributed by atoms with Crippen LogP contribution in [0.2, 0.25) is 0 Å². The number of nitrogens with zero attached hydrogens (tertiary/aromatic N) is 2. The van der Waals surface area contributed by atoms with Gasteiger partial charge in [-0.05, 0) is 39.9 Å². The summed E-state index contributed by atoms with van der Waals surface area (Å²) in [5, 5.41) is 9.53. The monoisotopic (exact) mass is 272 g/mol. The van der Waals surface area contributed by atoms with Crippen molar-refractivity contribution in [2.75, 3.05) is 6.54 Å². The van der Waals surface area contributed by atoms with Crippen LogP contribution in [0.15, 0.2) is 0 Å². The van der Waals surface area contributed by atoms with Crippen LogP contribution in [0.3, 0.4) is 0 Å². The predicted molar refractivity (Wildman–Crippen MR) is 71.0 cm³/mol. The van der Waals surface area contributed by atoms with E-state index in [1.54, 1.807) is 0 Å². The van der Waals surface area contributed by atoms with Gasteiger partial charge in [-0.15, -0.1) is 0 Å². The minimum absolute atomic E-state index is 0.417. The number of hydrogen-bond donors (Lipinski definition) is 2. The minimum Gasteiger partial charge on any atom is -0.444 e. The van der Waals surface area contributed by atoms with Gasteiger partial charge in [-0.3, -0.25) is 5.10 Å². The molecule has 0 aliphatic rings. The van der Waals surface area contributed by atoms with Crippen molar-refractivity contribution < 1.29 is 9.53 Å². The predicted octanol–water partition coefficient (Wildman–Crippen LogP) is 2.03. The van der Waals surface area contributed by atoms with Gasteiger partial charge in [0.05, 0.1) is 0 Å². The molecular weight excluding hydrogens is 252 g/mol. The fourth-order valence-electron chi connectivity index (χ4n) is 1.46. The van der Waals surface area contributed by atoms with Crippen LogP contribution in [0.25, 0.3) is 0 Å². The lowest BCUT2D eigenvalue weighted by atomic mass is 10.2. The number of alkyl carbamates (subject to hydrolysis) is 1. The van der Waals surface area contributed by atoms with E-state index in [1.165, 1.54) is 0 Å². The number of rotatable bonds is 4. The Labute approximate surface area is 112 Å². The lowest BCUT2D eigenvalue weighted by Crippen LogP contribution is -2.33. The molecule has 0 saturated carbocycles. The van der Waals surface area contributed by atoms with Crippen molar-refractivity contribution in [3.8, 4) is 0 Å². The van der Waals surface area contributed by atoms with Gasteiger partial charge < -0.3 is 14.6 Å². The van der Waals surface area contributed by atoms with Gasteiger partial charge in [0.1, 0.15) is 11.4 Å². The maximum atomic E-state index is 11.4. The summed E-state index contributed by atoms with van der Waals surface area (Å²) in [4.78, 5) is 11.4. The summed E-state index contributed by atoms with van der Waals surface area (Å²) in [5.41, 5.74) is -0.479. The molecule has 0 unspecified atom stereocenters. The number of nitrogens with one attached hydrogen (secondary N) is 2. The number of carbonyl (C=O) groups is 1. The molecule has 6 nitrogen and oxygen atoms in total. The molecule has 0 radical (unpaired) electrons. The summed E-state index contributed by atoms with van der Waals surface area (Å²) < 4.78 is 7.63. The van der Waals surface area contributed by atoms with Gasteiger partial charge >= 0.3 is 6.09 Å². The Morgan fingerprint density at radius 3 is 2.78 bits per heavy atom. The first-order chi connectivity index (χ1) is 8.33. The van der Waals surface area contributed by atoms with Crippen LogP contribution in [0.1, 0.15) is 33.5 Å². The van der Waals surface area contributed by atoms with E-state index in [0.29, 0.717) is 17.7 Å². The van der Waals surface area contributed by atoms with Crippen LogP contribution < -0.4 is 5.32 Å². The van der Waals surface area contributed by atoms with Crippen LogP contribution in [0.5, 0.6) is 0 Å². The smallest absolute Gasteiger partial charge is 0.407 e. The number of aromatic amines is 1. The van der Waals surface area contributed by atoms with Crippen LogP contribution in [-0.4, -0.2) is 33.0 Å². The lowest BCUT2D eigenvalue weighted by molar-refractivity contribution is 0.0528. The van der Waals surface area contributed by atoms with Crippen LogP contribution >= 0.6 is 12.2 Å². The normalized spacial score (nSPS) is 11.3. The Bertz CT molecular complexity index is 458. The third-order valence-corrected chi connectivity index (χ3v) is 2.48. The molecule has 0 spiro atoms. The second-order valence-electron chi connectivity index (χ2n) is 4.87. The van der Waals surface area contributed by atoms with E-state index in [-0.39, 0.29) is 0 Å². The SMILES string of the molecule is CCn1c(CCNC(=O)OC(C)(C)C)n[nH]c1=S. The molecule has 2 N–H and O–H groups in total. The van der Waals surface area contributed by atoms with E-state index < -0.39 is 11.7 Å². The van der Waals surface area contributed by atoms with Gasteiger partial charge in [0.15, 0.2) is 4.77 Å². The van der Waals surface area contributed by atoms with E-state index >= 15 is 0 Å². The van der Waals surface area contributed by atoms with Gasteiger partial charge in [-0.2, -0.15) is 5.10 Å². The maximum Gasteiger partial charge on any atom is 0.407 e. The molecule has 0 saturated heterocycles. The molecule has 1 rings (SSSR count). The van der Waals surface area contributed by atoms with Gasteiger partial charge in [-0.1, -0.05) is 0 Å². The number of aromatic nitrogens is 3. The van der Waals surface area contributed by atoms with Gasteiger partial charge in [-0.25, -0.2) is 4.79 Å². The summed E-state index contributed by atoms with van der Waals surface area (Å²) in [7, 11) is 0. The highest BCUT2D eigenvalue weighted by Gasteiger charge is 2.15. The highest BCUT2D eigenvalue weighted by atomic mass is 32.1. The van der Waals surface area contributed by atoms with E-state index in [4.69, 9.17) is 17.0 Å². The Morgan fingerprint density at radius 2 is 2.22 bits per heavy atom. The topological polar surface area (TPSA) is 71.9 Å². The Kier molecular flexibility index (Phi) is 4.89. The Balaban J connectivity index is 2.42. The lowest BCUT2D eigenvalue weighted by Gasteiger charge is -2.19. The van der Waals surface area contributed by atoms with Crippen molar-refractivity contribution in [2.45, 2.75) is 46.3 Å². The van der Waals surface area contributed by atoms with E-state index in [9.17, 15) is 4.79 Å². The average molecular weight is 272 g/mol. The van der Waals surface area contributed by atoms with Gasteiger partial charge in [0.2, 0.25) is 0 Å². The number of hydrogen-bond acceptors (Lipinski definition) is 4. The molecular formula is C11H20N4O2S. The average Bonchev–Trinajstić information content (AvgIpc) is 2.56. The first-order valence-electron chi connectivity index (χ1n) is 5.94. The van der Waals surface area contributed by atoms with Crippen molar-refractivity contribution in [1.29, 1.82) is 0 Å². The fraction of sp³-hybridized carbons (Fsp3) is 0.727.